The molecule has 1 aliphatic rings. The average molecular weight is 684 g/mol. The zero-order chi connectivity index (χ0) is 34.1. The Labute approximate surface area is 285 Å². The van der Waals surface area contributed by atoms with E-state index in [1.165, 1.54) is 9.80 Å². The first kappa shape index (κ1) is 35.7. The SMILES string of the molecule is CCN(CC)CCOC(=O)c1ccc(NC(=O)CC2(CC(=O)O)CN(Cc3ccc(Cl)cc3Cl)C(=O)N(c3ccc(C)cc3)C2)cc1. The Morgan fingerprint density at radius 3 is 2.26 bits per heavy atom. The molecule has 3 aromatic rings. The summed E-state index contributed by atoms with van der Waals surface area (Å²) in [4.78, 5) is 57.3. The first-order chi connectivity index (χ1) is 22.4. The minimum atomic E-state index is -1.15. The largest absolute Gasteiger partial charge is 0.481 e. The minimum absolute atomic E-state index is 0.00510. The van der Waals surface area contributed by atoms with Gasteiger partial charge in [0.2, 0.25) is 5.91 Å². The van der Waals surface area contributed by atoms with Gasteiger partial charge in [0.25, 0.3) is 0 Å². The second-order valence-electron chi connectivity index (χ2n) is 11.8. The van der Waals surface area contributed by atoms with Crippen LogP contribution < -0.4 is 10.2 Å². The van der Waals surface area contributed by atoms with Crippen molar-refractivity contribution in [2.45, 2.75) is 40.2 Å². The molecule has 0 spiro atoms. The quantitative estimate of drug-likeness (QED) is 0.181. The normalized spacial score (nSPS) is 16.3. The molecule has 0 aromatic heterocycles. The molecule has 1 fully saturated rings. The van der Waals surface area contributed by atoms with Gasteiger partial charge in [0.15, 0.2) is 0 Å². The van der Waals surface area contributed by atoms with Crippen LogP contribution >= 0.6 is 23.2 Å². The Balaban J connectivity index is 1.54. The van der Waals surface area contributed by atoms with Crippen molar-refractivity contribution in [3.63, 3.8) is 0 Å². The first-order valence-corrected chi connectivity index (χ1v) is 16.3. The number of rotatable bonds is 14. The zero-order valence-corrected chi connectivity index (χ0v) is 28.3. The summed E-state index contributed by atoms with van der Waals surface area (Å²) < 4.78 is 5.39. The summed E-state index contributed by atoms with van der Waals surface area (Å²) in [7, 11) is 0. The molecule has 4 rings (SSSR count). The fourth-order valence-electron chi connectivity index (χ4n) is 5.73. The molecule has 10 nitrogen and oxygen atoms in total. The smallest absolute Gasteiger partial charge is 0.338 e. The van der Waals surface area contributed by atoms with Crippen molar-refractivity contribution in [1.82, 2.24) is 9.80 Å². The van der Waals surface area contributed by atoms with Gasteiger partial charge in [-0.05, 0) is 74.1 Å². The predicted octanol–water partition coefficient (Wildman–Crippen LogP) is 6.73. The molecule has 2 N–H and O–H groups in total. The number of ether oxygens (including phenoxy) is 1. The maximum Gasteiger partial charge on any atom is 0.338 e. The number of aryl methyl sites for hydroxylation is 1. The fraction of sp³-hybridized carbons (Fsp3) is 0.371. The van der Waals surface area contributed by atoms with Gasteiger partial charge in [0, 0.05) is 59.4 Å². The molecular formula is C35H40Cl2N4O6. The number of esters is 1. The molecule has 250 valence electrons. The number of carbonyl (C=O) groups is 4. The lowest BCUT2D eigenvalue weighted by molar-refractivity contribution is -0.140. The maximum atomic E-state index is 13.9. The van der Waals surface area contributed by atoms with Crippen LogP contribution in [0.15, 0.2) is 66.7 Å². The second kappa shape index (κ2) is 16.1. The highest BCUT2D eigenvalue weighted by Crippen LogP contribution is 2.38. The summed E-state index contributed by atoms with van der Waals surface area (Å²) in [5.41, 5.74) is 1.85. The highest BCUT2D eigenvalue weighted by molar-refractivity contribution is 6.35. The minimum Gasteiger partial charge on any atom is -0.481 e. The number of likely N-dealkylation sites (N-methyl/N-ethyl adjacent to an activating group) is 1. The van der Waals surface area contributed by atoms with E-state index in [1.807, 2.05) is 32.9 Å². The number of amides is 3. The zero-order valence-electron chi connectivity index (χ0n) is 26.8. The number of hydrogen-bond acceptors (Lipinski definition) is 6. The molecule has 3 amide bonds. The number of carboxylic acids is 1. The average Bonchev–Trinajstić information content (AvgIpc) is 3.02. The Morgan fingerprint density at radius 2 is 1.64 bits per heavy atom. The predicted molar refractivity (Wildman–Crippen MR) is 183 cm³/mol. The summed E-state index contributed by atoms with van der Waals surface area (Å²) in [6, 6.07) is 18.3. The van der Waals surface area contributed by atoms with Crippen molar-refractivity contribution in [2.24, 2.45) is 5.41 Å². The van der Waals surface area contributed by atoms with Crippen LogP contribution in [-0.2, 0) is 20.9 Å². The molecule has 1 heterocycles. The number of carboxylic acid groups (broad SMARTS) is 1. The summed E-state index contributed by atoms with van der Waals surface area (Å²) in [5.74, 6) is -1.98. The van der Waals surface area contributed by atoms with Crippen molar-refractivity contribution < 1.29 is 29.0 Å². The van der Waals surface area contributed by atoms with Crippen molar-refractivity contribution in [3.8, 4) is 0 Å². The van der Waals surface area contributed by atoms with E-state index < -0.39 is 23.3 Å². The third kappa shape index (κ3) is 9.70. The van der Waals surface area contributed by atoms with Gasteiger partial charge in [0.05, 0.1) is 12.0 Å². The van der Waals surface area contributed by atoms with Crippen LogP contribution in [0.5, 0.6) is 0 Å². The number of benzene rings is 3. The van der Waals surface area contributed by atoms with Crippen LogP contribution in [0, 0.1) is 12.3 Å². The molecule has 1 atom stereocenters. The standard InChI is InChI=1S/C35H40Cl2N4O6/c1-4-39(5-2)16-17-47-33(45)25-9-12-28(13-10-25)38-31(42)19-35(20-32(43)44)22-40(21-26-8-11-27(36)18-30(26)37)34(46)41(23-35)29-14-6-24(3)7-15-29/h6-15,18H,4-5,16-17,19-23H2,1-3H3,(H,38,42)(H,43,44). The third-order valence-electron chi connectivity index (χ3n) is 8.24. The molecule has 0 aliphatic carbocycles. The topological polar surface area (TPSA) is 119 Å². The summed E-state index contributed by atoms with van der Waals surface area (Å²) in [6.07, 6.45) is -0.547. The van der Waals surface area contributed by atoms with E-state index in [1.54, 1.807) is 54.6 Å². The van der Waals surface area contributed by atoms with Gasteiger partial charge in [-0.2, -0.15) is 0 Å². The van der Waals surface area contributed by atoms with Gasteiger partial charge in [-0.25, -0.2) is 9.59 Å². The molecule has 1 saturated heterocycles. The van der Waals surface area contributed by atoms with E-state index in [0.717, 1.165) is 18.7 Å². The fourth-order valence-corrected chi connectivity index (χ4v) is 6.20. The Kier molecular flexibility index (Phi) is 12.3. The monoisotopic (exact) mass is 682 g/mol. The van der Waals surface area contributed by atoms with Gasteiger partial charge < -0.3 is 25.0 Å². The van der Waals surface area contributed by atoms with E-state index in [0.29, 0.717) is 39.1 Å². The lowest BCUT2D eigenvalue weighted by Crippen LogP contribution is -2.59. The second-order valence-corrected chi connectivity index (χ2v) is 12.7. The molecule has 0 bridgehead atoms. The number of urea groups is 1. The van der Waals surface area contributed by atoms with E-state index in [-0.39, 0.29) is 45.1 Å². The molecule has 47 heavy (non-hydrogen) atoms. The maximum absolute atomic E-state index is 13.9. The van der Waals surface area contributed by atoms with E-state index in [9.17, 15) is 24.3 Å². The highest BCUT2D eigenvalue weighted by atomic mass is 35.5. The van der Waals surface area contributed by atoms with Gasteiger partial charge in [-0.1, -0.05) is 60.8 Å². The van der Waals surface area contributed by atoms with Crippen LogP contribution in [0.1, 0.15) is 48.2 Å². The summed E-state index contributed by atoms with van der Waals surface area (Å²) in [6.45, 7) is 8.77. The molecule has 0 saturated carbocycles. The van der Waals surface area contributed by atoms with Crippen LogP contribution in [0.2, 0.25) is 10.0 Å². The molecule has 12 heteroatoms. The van der Waals surface area contributed by atoms with Crippen LogP contribution in [0.3, 0.4) is 0 Å². The van der Waals surface area contributed by atoms with Gasteiger partial charge in [-0.3, -0.25) is 14.5 Å². The molecule has 0 radical (unpaired) electrons. The van der Waals surface area contributed by atoms with Crippen molar-refractivity contribution >= 4 is 58.5 Å². The van der Waals surface area contributed by atoms with E-state index in [2.05, 4.69) is 10.2 Å². The van der Waals surface area contributed by atoms with E-state index in [4.69, 9.17) is 27.9 Å². The molecule has 1 aliphatic heterocycles. The van der Waals surface area contributed by atoms with Gasteiger partial charge in [0.1, 0.15) is 6.61 Å². The summed E-state index contributed by atoms with van der Waals surface area (Å²) in [5, 5.41) is 13.7. The molecule has 1 unspecified atom stereocenters. The van der Waals surface area contributed by atoms with Crippen LogP contribution in [0.4, 0.5) is 16.2 Å². The highest BCUT2D eigenvalue weighted by Gasteiger charge is 2.46. The van der Waals surface area contributed by atoms with Crippen LogP contribution in [0.25, 0.3) is 0 Å². The van der Waals surface area contributed by atoms with Crippen molar-refractivity contribution in [1.29, 1.82) is 0 Å². The third-order valence-corrected chi connectivity index (χ3v) is 8.83. The number of carbonyl (C=O) groups excluding carboxylic acids is 3. The number of anilines is 2. The Morgan fingerprint density at radius 1 is 0.957 bits per heavy atom. The van der Waals surface area contributed by atoms with Crippen molar-refractivity contribution in [2.75, 3.05) is 49.5 Å². The van der Waals surface area contributed by atoms with Gasteiger partial charge >= 0.3 is 18.0 Å². The number of nitrogens with zero attached hydrogens (tertiary/aromatic N) is 3. The van der Waals surface area contributed by atoms with Crippen molar-refractivity contribution in [3.05, 3.63) is 93.5 Å². The summed E-state index contributed by atoms with van der Waals surface area (Å²) >= 11 is 12.5. The number of halogens is 2. The Hall–Kier alpha value is -4.12. The molecule has 3 aromatic carbocycles. The van der Waals surface area contributed by atoms with E-state index >= 15 is 0 Å². The number of hydrogen-bond donors (Lipinski definition) is 2. The lowest BCUT2D eigenvalue weighted by atomic mass is 9.78. The lowest BCUT2D eigenvalue weighted by Gasteiger charge is -2.47. The first-order valence-electron chi connectivity index (χ1n) is 15.5. The molecular weight excluding hydrogens is 643 g/mol. The van der Waals surface area contributed by atoms with Crippen LogP contribution in [-0.4, -0.2) is 78.1 Å². The Bertz CT molecular complexity index is 1580. The number of aliphatic carboxylic acids is 1. The van der Waals surface area contributed by atoms with Gasteiger partial charge in [-0.15, -0.1) is 0 Å². The number of nitrogens with one attached hydrogen (secondary N) is 1.